The molecule has 2 atom stereocenters. The molecule has 4 heteroatoms. The zero-order chi connectivity index (χ0) is 11.5. The van der Waals surface area contributed by atoms with E-state index >= 15 is 0 Å². The van der Waals surface area contributed by atoms with Crippen LogP contribution in [0.15, 0.2) is 18.5 Å². The van der Waals surface area contributed by atoms with Gasteiger partial charge in [0.25, 0.3) is 0 Å². The molecule has 0 N–H and O–H groups in total. The first kappa shape index (κ1) is 12.1. The number of thioether (sulfide) groups is 1. The Morgan fingerprint density at radius 2 is 2.38 bits per heavy atom. The van der Waals surface area contributed by atoms with Crippen LogP contribution in [0.25, 0.3) is 0 Å². The Morgan fingerprint density at radius 3 is 3.12 bits per heavy atom. The number of alkyl halides is 1. The highest BCUT2D eigenvalue weighted by Gasteiger charge is 2.26. The Bertz CT molecular complexity index is 359. The monoisotopic (exact) mass is 256 g/mol. The molecule has 1 aliphatic heterocycles. The molecule has 2 rings (SSSR count). The van der Waals surface area contributed by atoms with E-state index in [4.69, 9.17) is 11.6 Å². The van der Waals surface area contributed by atoms with Crippen LogP contribution >= 0.6 is 23.4 Å². The van der Waals surface area contributed by atoms with Crippen LogP contribution in [0.4, 0.5) is 5.69 Å². The van der Waals surface area contributed by atoms with Gasteiger partial charge in [-0.25, -0.2) is 0 Å². The van der Waals surface area contributed by atoms with Crippen molar-refractivity contribution in [2.45, 2.75) is 31.0 Å². The summed E-state index contributed by atoms with van der Waals surface area (Å²) in [7, 11) is 0. The minimum atomic E-state index is 0.546. The molecule has 1 aliphatic rings. The molecule has 0 aromatic carbocycles. The van der Waals surface area contributed by atoms with E-state index < -0.39 is 0 Å². The number of hydrogen-bond donors (Lipinski definition) is 0. The Morgan fingerprint density at radius 1 is 1.56 bits per heavy atom. The van der Waals surface area contributed by atoms with Crippen LogP contribution in [0, 0.1) is 0 Å². The maximum absolute atomic E-state index is 5.98. The fourth-order valence-electron chi connectivity index (χ4n) is 2.06. The van der Waals surface area contributed by atoms with Gasteiger partial charge in [0.2, 0.25) is 0 Å². The van der Waals surface area contributed by atoms with Gasteiger partial charge in [0, 0.05) is 35.7 Å². The number of halogens is 1. The van der Waals surface area contributed by atoms with E-state index in [0.717, 1.165) is 6.54 Å². The molecule has 2 nitrogen and oxygen atoms in total. The summed E-state index contributed by atoms with van der Waals surface area (Å²) < 4.78 is 0. The molecule has 16 heavy (non-hydrogen) atoms. The summed E-state index contributed by atoms with van der Waals surface area (Å²) in [6, 6.07) is 2.56. The Balaban J connectivity index is 2.28. The van der Waals surface area contributed by atoms with Crippen molar-refractivity contribution < 1.29 is 0 Å². The standard InChI is InChI=1S/C12H17ClN2S/c1-9-10(2)16-6-5-15(9)12-8-14-4-3-11(12)7-13/h3-4,8-10H,5-7H2,1-2H3. The fraction of sp³-hybridized carbons (Fsp3) is 0.583. The average Bonchev–Trinajstić information content (AvgIpc) is 2.33. The minimum Gasteiger partial charge on any atom is -0.365 e. The van der Waals surface area contributed by atoms with Gasteiger partial charge in [0.15, 0.2) is 0 Å². The Labute approximate surface area is 106 Å². The van der Waals surface area contributed by atoms with Gasteiger partial charge in [-0.3, -0.25) is 4.98 Å². The van der Waals surface area contributed by atoms with Gasteiger partial charge in [-0.15, -0.1) is 11.6 Å². The van der Waals surface area contributed by atoms with Gasteiger partial charge in [0.05, 0.1) is 11.9 Å². The second kappa shape index (κ2) is 5.28. The summed E-state index contributed by atoms with van der Waals surface area (Å²) in [5.41, 5.74) is 2.39. The third-order valence-electron chi connectivity index (χ3n) is 3.22. The van der Waals surface area contributed by atoms with E-state index in [9.17, 15) is 0 Å². The van der Waals surface area contributed by atoms with Gasteiger partial charge in [0.1, 0.15) is 0 Å². The molecule has 1 aromatic heterocycles. The quantitative estimate of drug-likeness (QED) is 0.757. The van der Waals surface area contributed by atoms with Gasteiger partial charge in [-0.2, -0.15) is 11.8 Å². The minimum absolute atomic E-state index is 0.546. The van der Waals surface area contributed by atoms with Crippen molar-refractivity contribution in [1.82, 2.24) is 4.98 Å². The van der Waals surface area contributed by atoms with Crippen molar-refractivity contribution in [3.05, 3.63) is 24.0 Å². The number of aromatic nitrogens is 1. The first-order chi connectivity index (χ1) is 7.74. The highest BCUT2D eigenvalue weighted by atomic mass is 35.5. The molecule has 0 saturated carbocycles. The number of rotatable bonds is 2. The number of anilines is 1. The topological polar surface area (TPSA) is 16.1 Å². The van der Waals surface area contributed by atoms with E-state index in [2.05, 4.69) is 23.7 Å². The van der Waals surface area contributed by atoms with Gasteiger partial charge in [-0.05, 0) is 18.6 Å². The van der Waals surface area contributed by atoms with Crippen molar-refractivity contribution >= 4 is 29.1 Å². The highest BCUT2D eigenvalue weighted by Crippen LogP contribution is 2.31. The van der Waals surface area contributed by atoms with E-state index in [1.165, 1.54) is 17.0 Å². The maximum Gasteiger partial charge on any atom is 0.0600 e. The molecular formula is C12H17ClN2S. The van der Waals surface area contributed by atoms with Crippen molar-refractivity contribution in [3.63, 3.8) is 0 Å². The van der Waals surface area contributed by atoms with Crippen LogP contribution in [0.3, 0.4) is 0 Å². The molecule has 1 fully saturated rings. The second-order valence-corrected chi connectivity index (χ2v) is 5.90. The molecule has 2 unspecified atom stereocenters. The van der Waals surface area contributed by atoms with Gasteiger partial charge in [-0.1, -0.05) is 6.92 Å². The Hall–Kier alpha value is -0.410. The summed E-state index contributed by atoms with van der Waals surface area (Å²) in [6.45, 7) is 5.66. The highest BCUT2D eigenvalue weighted by molar-refractivity contribution is 8.00. The Kier molecular flexibility index (Phi) is 3.98. The van der Waals surface area contributed by atoms with Crippen LogP contribution in [0.2, 0.25) is 0 Å². The normalized spacial score (nSPS) is 25.8. The van der Waals surface area contributed by atoms with E-state index in [1.807, 2.05) is 30.2 Å². The largest absolute Gasteiger partial charge is 0.365 e. The zero-order valence-corrected chi connectivity index (χ0v) is 11.3. The molecular weight excluding hydrogens is 240 g/mol. The zero-order valence-electron chi connectivity index (χ0n) is 9.69. The number of pyridine rings is 1. The summed E-state index contributed by atoms with van der Waals surface area (Å²) in [6.07, 6.45) is 3.75. The second-order valence-electron chi connectivity index (χ2n) is 4.15. The molecule has 0 spiro atoms. The predicted molar refractivity (Wildman–Crippen MR) is 72.5 cm³/mol. The lowest BCUT2D eigenvalue weighted by Crippen LogP contribution is -2.45. The fourth-order valence-corrected chi connectivity index (χ4v) is 3.38. The SMILES string of the molecule is CC1SCCN(c2cnccc2CCl)C1C. The third kappa shape index (κ3) is 2.30. The number of hydrogen-bond acceptors (Lipinski definition) is 3. The van der Waals surface area contributed by atoms with Crippen molar-refractivity contribution in [2.75, 3.05) is 17.2 Å². The number of nitrogens with zero attached hydrogens (tertiary/aromatic N) is 2. The third-order valence-corrected chi connectivity index (χ3v) is 4.85. The van der Waals surface area contributed by atoms with Crippen LogP contribution in [-0.2, 0) is 5.88 Å². The molecule has 0 amide bonds. The first-order valence-electron chi connectivity index (χ1n) is 5.61. The maximum atomic E-state index is 5.98. The van der Waals surface area contributed by atoms with Gasteiger partial charge >= 0.3 is 0 Å². The predicted octanol–water partition coefficient (Wildman–Crippen LogP) is 3.15. The van der Waals surface area contributed by atoms with E-state index in [-0.39, 0.29) is 0 Å². The molecule has 0 aliphatic carbocycles. The lowest BCUT2D eigenvalue weighted by Gasteiger charge is -2.39. The smallest absolute Gasteiger partial charge is 0.0600 e. The average molecular weight is 257 g/mol. The molecule has 0 radical (unpaired) electrons. The summed E-state index contributed by atoms with van der Waals surface area (Å²) in [5, 5.41) is 0.664. The summed E-state index contributed by atoms with van der Waals surface area (Å²) in [4.78, 5) is 6.66. The van der Waals surface area contributed by atoms with Crippen LogP contribution in [0.1, 0.15) is 19.4 Å². The van der Waals surface area contributed by atoms with E-state index in [1.54, 1.807) is 0 Å². The van der Waals surface area contributed by atoms with Crippen LogP contribution < -0.4 is 4.90 Å². The first-order valence-corrected chi connectivity index (χ1v) is 7.19. The molecule has 2 heterocycles. The molecule has 0 bridgehead atoms. The molecule has 88 valence electrons. The molecule has 1 aromatic rings. The van der Waals surface area contributed by atoms with Crippen LogP contribution in [-0.4, -0.2) is 28.6 Å². The van der Waals surface area contributed by atoms with Gasteiger partial charge < -0.3 is 4.90 Å². The van der Waals surface area contributed by atoms with Crippen molar-refractivity contribution in [1.29, 1.82) is 0 Å². The lowest BCUT2D eigenvalue weighted by atomic mass is 10.1. The lowest BCUT2D eigenvalue weighted by molar-refractivity contribution is 0.625. The molecule has 1 saturated heterocycles. The van der Waals surface area contributed by atoms with E-state index in [0.29, 0.717) is 17.2 Å². The summed E-state index contributed by atoms with van der Waals surface area (Å²) >= 11 is 8.02. The van der Waals surface area contributed by atoms with Crippen molar-refractivity contribution in [2.24, 2.45) is 0 Å². The van der Waals surface area contributed by atoms with Crippen LogP contribution in [0.5, 0.6) is 0 Å². The van der Waals surface area contributed by atoms with Crippen molar-refractivity contribution in [3.8, 4) is 0 Å². The summed E-state index contributed by atoms with van der Waals surface area (Å²) in [5.74, 6) is 1.74.